The van der Waals surface area contributed by atoms with Crippen LogP contribution in [0.5, 0.6) is 0 Å². The largest absolute Gasteiger partial charge is 2.00 e. The van der Waals surface area contributed by atoms with Gasteiger partial charge >= 0.3 is 71.8 Å². The monoisotopic (exact) mass is 2100 g/mol. The fourth-order valence-corrected chi connectivity index (χ4v) is 18.5. The van der Waals surface area contributed by atoms with Crippen LogP contribution in [0.25, 0.3) is 0 Å². The van der Waals surface area contributed by atoms with Crippen molar-refractivity contribution in [3.05, 3.63) is 275 Å². The van der Waals surface area contributed by atoms with E-state index >= 15 is 0 Å². The molecule has 8 aliphatic rings. The Morgan fingerprint density at radius 1 is 0.479 bits per heavy atom. The maximum atomic E-state index is 11.8. The van der Waals surface area contributed by atoms with E-state index in [0.29, 0.717) is 32.5 Å². The molecule has 146 heavy (non-hydrogen) atoms. The number of aromatic carboxylic acids is 1. The molecule has 8 aliphatic heterocycles. The molecule has 9 aromatic rings. The summed E-state index contributed by atoms with van der Waals surface area (Å²) in [6.07, 6.45) is 4.77. The van der Waals surface area contributed by atoms with Crippen molar-refractivity contribution < 1.29 is 128 Å². The zero-order chi connectivity index (χ0) is 104. The number of nitrogens with two attached hydrogens (primary N) is 1. The number of imide groups is 1. The van der Waals surface area contributed by atoms with E-state index in [1.807, 2.05) is 248 Å². The Kier molecular flexibility index (Phi) is 53.2. The SMILES string of the molecule is C.C.CC1(C)CC(=O)NC1(O)c1ccccc1.CC1(C)CC(=O)NC1=O.CC1(C)CC(=O)OC1=O.CC1(C)CC(O)(c2ccccc2)NC1=O.CC1(C)CC(c2ccccc2)N(N)C1=O.CC1(C)CC(c2ccccc2)NC1=O.CC1(C)CC(c2ccccc2)n2nc(C(=O)O)nc21.CCOC(=N)C(=O)OCC.CCOC(=O)c1nc2n(n1)C(c1ccccc1)CC2(C)C.CC[SiH](CC)CC.[Br-].[Li+].[Mg+2].[OH-].[c-]1ccccc1. The molecule has 0 radical (unpaired) electrons. The van der Waals surface area contributed by atoms with E-state index in [-0.39, 0.29) is 194 Å². The smallest absolute Gasteiger partial charge is 1.00 e. The van der Waals surface area contributed by atoms with E-state index in [9.17, 15) is 63.0 Å². The number of hydrogen-bond donors (Lipinski definition) is 9. The summed E-state index contributed by atoms with van der Waals surface area (Å²) < 4.78 is 22.0. The number of halogens is 1. The van der Waals surface area contributed by atoms with Crippen molar-refractivity contribution in [3.63, 3.8) is 0 Å². The molecular weight excluding hydrogens is 1950 g/mol. The number of aliphatic hydroxyl groups is 2. The number of nitrogens with one attached hydrogen (secondary N) is 5. The Morgan fingerprint density at radius 3 is 1.18 bits per heavy atom. The summed E-state index contributed by atoms with van der Waals surface area (Å²) in [5, 5.41) is 57.3. The van der Waals surface area contributed by atoms with Crippen LogP contribution in [0.2, 0.25) is 18.1 Å². The third-order valence-electron chi connectivity index (χ3n) is 25.2. The van der Waals surface area contributed by atoms with Gasteiger partial charge in [-0.3, -0.25) is 54.1 Å². The van der Waals surface area contributed by atoms with Crippen molar-refractivity contribution in [1.82, 2.24) is 55.8 Å². The van der Waals surface area contributed by atoms with Gasteiger partial charge in [-0.1, -0.05) is 333 Å². The summed E-state index contributed by atoms with van der Waals surface area (Å²) in [7, 11) is -0.171. The Balaban J connectivity index is 0.000000812. The van der Waals surface area contributed by atoms with E-state index in [1.165, 1.54) is 34.3 Å². The van der Waals surface area contributed by atoms with Crippen LogP contribution < -0.4 is 63.0 Å². The molecule has 786 valence electrons. The van der Waals surface area contributed by atoms with Crippen LogP contribution in [0, 0.1) is 44.0 Å². The normalized spacial score (nSPS) is 20.6. The van der Waals surface area contributed by atoms with E-state index in [2.05, 4.69) is 134 Å². The second kappa shape index (κ2) is 58.5. The molecule has 2 aromatic heterocycles. The standard InChI is InChI=1S/C16H19N3O2.C14H15N3O2.C12H16N2O.2C12H15NO2.C12H15NO.C6H11NO3.C6H9NO2.C6H8O3.C6H16Si.C6H5.2CH4.BrH.Li.Mg.H2O/c1-4-21-14(20)13-17-15-16(2,3)10-12(19(15)18-13)11-8-6-5-7-9-11;1-14(2)8-10(9-6-4-3-5-7-9)17-13(14)15-11(16-17)12(18)19;1-12(2)8-10(14(13)11(12)15)9-6-4-3-5-7-9;1-11(2)8-12(15,13-10(11)14)9-6-4-3-5-7-9;1-11(2)8-10(14)13-12(11,15)9-6-4-3-5-7-9;1-12(2)8-10(13-11(12)14)9-6-4-3-5-7-9;1-3-9-5(7)6(8)10-4-2;1-6(2)3-4(8)7-5(6)9;1-6(2)3-4(7)9-5(6)8;1-4-7(5-2)6-3;1-2-4-6-5-3-1;;;;;;/h5-9,12H,4,10H2,1-3H3;3-7,10H,8H2,1-2H3,(H,18,19);3-7,10H,8,13H2,1-2H3;2*3-7,15H,8H2,1-2H3,(H,13,14);3-7,10H,8H2,1-2H3,(H,13,14);7H,3-4H2,1-2H3;3H2,1-2H3,(H,7,8,9);3H2,1-2H3;7H,4-6H2,1-3H3;1-5H;2*1H4;1H;;;1H2/q;;;;;;;;;;-1;;;;+1;+2;/p-2. The first-order chi connectivity index (χ1) is 65.6. The second-order valence-corrected chi connectivity index (χ2v) is 44.7. The van der Waals surface area contributed by atoms with Gasteiger partial charge in [0.15, 0.2) is 11.4 Å². The number of esters is 4. The maximum absolute atomic E-state index is 11.8. The number of hydrazine groups is 1. The molecule has 6 atom stereocenters. The Labute approximate surface area is 902 Å². The summed E-state index contributed by atoms with van der Waals surface area (Å²) in [4.78, 5) is 131. The van der Waals surface area contributed by atoms with Crippen molar-refractivity contribution in [2.24, 2.45) is 38.3 Å². The van der Waals surface area contributed by atoms with E-state index < -0.39 is 68.9 Å². The van der Waals surface area contributed by atoms with Gasteiger partial charge < -0.3 is 72.7 Å². The van der Waals surface area contributed by atoms with E-state index in [0.717, 1.165) is 59.6 Å². The van der Waals surface area contributed by atoms with Crippen molar-refractivity contribution in [2.45, 2.75) is 283 Å². The molecule has 6 amide bonds. The number of ether oxygens (including phenoxy) is 4. The predicted molar refractivity (Wildman–Crippen MR) is 558 cm³/mol. The van der Waals surface area contributed by atoms with Gasteiger partial charge in [0.05, 0.1) is 61.2 Å². The van der Waals surface area contributed by atoms with Gasteiger partial charge in [0.1, 0.15) is 11.6 Å². The molecule has 7 aromatic carbocycles. The third-order valence-corrected chi connectivity index (χ3v) is 28.7. The summed E-state index contributed by atoms with van der Waals surface area (Å²) in [5.74, 6) is 3.61. The average molecular weight is 2100 g/mol. The fraction of sp³-hybridized carbons (Fsp3) is 0.473. The molecule has 10 heterocycles. The molecule has 0 aliphatic carbocycles. The molecule has 0 saturated carbocycles. The number of cyclic esters (lactones) is 2. The van der Waals surface area contributed by atoms with Crippen LogP contribution in [0.3, 0.4) is 0 Å². The van der Waals surface area contributed by atoms with Gasteiger partial charge in [0.2, 0.25) is 35.4 Å². The van der Waals surface area contributed by atoms with Gasteiger partial charge in [-0.2, -0.15) is 36.4 Å². The molecular formula is C110H153BrLiMgN13O19Si. The minimum atomic E-state index is -1.24. The first kappa shape index (κ1) is 133. The summed E-state index contributed by atoms with van der Waals surface area (Å²) in [5.41, 5.74) is 0.767. The summed E-state index contributed by atoms with van der Waals surface area (Å²) in [6, 6.07) is 76.1. The number of carboxylic acid groups (broad SMARTS) is 1. The molecule has 36 heteroatoms. The number of carboxylic acids is 1. The van der Waals surface area contributed by atoms with Crippen LogP contribution >= 0.6 is 0 Å². The minimum absolute atomic E-state index is 0. The fourth-order valence-electron chi connectivity index (χ4n) is 16.8. The van der Waals surface area contributed by atoms with Crippen LogP contribution in [-0.4, -0.2) is 178 Å². The number of carbonyl (C=O) groups excluding carboxylic acids is 10. The molecule has 11 N–H and O–H groups in total. The molecule has 6 unspecified atom stereocenters. The maximum Gasteiger partial charge on any atom is 2.00 e. The number of amides is 6. The molecule has 0 bridgehead atoms. The number of fused-ring (bicyclic) bond motifs is 2. The third kappa shape index (κ3) is 36.4. The number of benzene rings is 7. The number of nitrogens with zero attached hydrogens (tertiary/aromatic N) is 7. The predicted octanol–water partition coefficient (Wildman–Crippen LogP) is 11.5. The Hall–Kier alpha value is -11.2. The molecule has 32 nitrogen and oxygen atoms in total. The Morgan fingerprint density at radius 2 is 0.884 bits per heavy atom. The minimum Gasteiger partial charge on any atom is -1.00 e. The summed E-state index contributed by atoms with van der Waals surface area (Å²) >= 11 is 0. The topological polar surface area (TPSA) is 478 Å². The van der Waals surface area contributed by atoms with Crippen LogP contribution in [0.1, 0.15) is 309 Å². The number of hydrogen-bond acceptors (Lipinski definition) is 24. The van der Waals surface area contributed by atoms with Gasteiger partial charge in [0, 0.05) is 71.7 Å². The van der Waals surface area contributed by atoms with Crippen molar-refractivity contribution in [1.29, 1.82) is 5.41 Å². The van der Waals surface area contributed by atoms with Crippen LogP contribution in [0.4, 0.5) is 0 Å². The average Bonchev–Trinajstić information content (AvgIpc) is 1.59. The van der Waals surface area contributed by atoms with Gasteiger partial charge in [-0.25, -0.2) is 39.6 Å². The first-order valence-electron chi connectivity index (χ1n) is 47.7. The Bertz CT molecular complexity index is 5580. The number of aromatic nitrogens is 6. The van der Waals surface area contributed by atoms with Gasteiger partial charge in [-0.05, 0) is 82.6 Å². The second-order valence-electron chi connectivity index (χ2n) is 40.6. The summed E-state index contributed by atoms with van der Waals surface area (Å²) in [6.45, 7) is 43.7. The number of carbonyl (C=O) groups is 11. The van der Waals surface area contributed by atoms with Crippen molar-refractivity contribution in [3.8, 4) is 0 Å². The van der Waals surface area contributed by atoms with Gasteiger partial charge in [0.25, 0.3) is 17.5 Å². The van der Waals surface area contributed by atoms with Gasteiger partial charge in [-0.15, -0.1) is 10.2 Å². The number of rotatable bonds is 14. The van der Waals surface area contributed by atoms with Crippen LogP contribution in [-0.2, 0) is 84.4 Å². The first-order valence-corrected chi connectivity index (χ1v) is 50.1. The van der Waals surface area contributed by atoms with E-state index in [1.54, 1.807) is 53.1 Å². The molecule has 0 spiro atoms. The van der Waals surface area contributed by atoms with E-state index in [4.69, 9.17) is 21.1 Å². The zero-order valence-corrected chi connectivity index (χ0v) is 91.9. The molecule has 17 rings (SSSR count). The zero-order valence-electron chi connectivity index (χ0n) is 87.7. The quantitative estimate of drug-likeness (QED) is 0.00466. The van der Waals surface area contributed by atoms with Crippen LogP contribution in [0.15, 0.2) is 212 Å². The van der Waals surface area contributed by atoms with Crippen molar-refractivity contribution >= 4 is 103 Å². The molecule has 6 fully saturated rings. The van der Waals surface area contributed by atoms with Crippen molar-refractivity contribution in [2.75, 3.05) is 19.8 Å². The molecule has 6 saturated heterocycles.